The number of thiocarbonyl (C=S) groups is 3. The molecule has 0 spiro atoms. The van der Waals surface area contributed by atoms with Gasteiger partial charge in [0.1, 0.15) is 0 Å². The van der Waals surface area contributed by atoms with E-state index in [1.165, 1.54) is 0 Å². The minimum atomic E-state index is -0.131. The molecular formula is C4H11N9S3. The van der Waals surface area contributed by atoms with Gasteiger partial charge in [-0.25, -0.2) is 0 Å². The number of nitrogens with zero attached hydrogens (tertiary/aromatic N) is 2. The lowest BCUT2D eigenvalue weighted by Gasteiger charge is -2.23. The Balaban J connectivity index is 4.59. The van der Waals surface area contributed by atoms with Gasteiger partial charge >= 0.3 is 0 Å². The van der Waals surface area contributed by atoms with E-state index in [-0.39, 0.29) is 21.3 Å². The van der Waals surface area contributed by atoms with Crippen molar-refractivity contribution in [2.45, 2.75) is 0 Å². The Hall–Kier alpha value is -1.66. The molecule has 0 aliphatic heterocycles. The predicted molar refractivity (Wildman–Crippen MR) is 73.2 cm³/mol. The SMILES string of the molecule is NC(=S)NN=C(N)N(NC(N)=S)NC(N)=S. The first-order chi connectivity index (χ1) is 7.32. The van der Waals surface area contributed by atoms with Crippen LogP contribution >= 0.6 is 36.7 Å². The molecule has 0 bridgehead atoms. The normalized spacial score (nSPS) is 10.1. The van der Waals surface area contributed by atoms with Gasteiger partial charge in [0.25, 0.3) is 5.96 Å². The maximum atomic E-state index is 5.51. The fourth-order valence-electron chi connectivity index (χ4n) is 0.525. The molecule has 0 heterocycles. The number of hydrogen-bond donors (Lipinski definition) is 7. The number of rotatable bonds is 1. The molecule has 11 N–H and O–H groups in total. The summed E-state index contributed by atoms with van der Waals surface area (Å²) in [6.07, 6.45) is 0. The molecule has 0 aromatic heterocycles. The fourth-order valence-corrected chi connectivity index (χ4v) is 0.753. The summed E-state index contributed by atoms with van der Waals surface area (Å²) in [5.41, 5.74) is 28.2. The summed E-state index contributed by atoms with van der Waals surface area (Å²) in [5, 5.41) is 4.37. The van der Waals surface area contributed by atoms with Crippen molar-refractivity contribution in [2.75, 3.05) is 0 Å². The van der Waals surface area contributed by atoms with E-state index < -0.39 is 0 Å². The number of hydrazone groups is 1. The Morgan fingerprint density at radius 3 is 1.62 bits per heavy atom. The van der Waals surface area contributed by atoms with Crippen molar-refractivity contribution < 1.29 is 0 Å². The van der Waals surface area contributed by atoms with E-state index >= 15 is 0 Å². The topological polar surface area (TPSA) is 156 Å². The summed E-state index contributed by atoms with van der Waals surface area (Å²) in [7, 11) is 0. The summed E-state index contributed by atoms with van der Waals surface area (Å²) in [4.78, 5) is 0. The van der Waals surface area contributed by atoms with Crippen LogP contribution in [0.25, 0.3) is 0 Å². The molecule has 16 heavy (non-hydrogen) atoms. The summed E-state index contributed by atoms with van der Waals surface area (Å²) in [6, 6.07) is 0. The highest BCUT2D eigenvalue weighted by atomic mass is 32.1. The van der Waals surface area contributed by atoms with Crippen molar-refractivity contribution in [3.05, 3.63) is 0 Å². The first-order valence-electron chi connectivity index (χ1n) is 3.64. The molecule has 0 saturated carbocycles. The molecule has 0 radical (unpaired) electrons. The van der Waals surface area contributed by atoms with Gasteiger partial charge in [0, 0.05) is 0 Å². The molecule has 0 fully saturated rings. The number of guanidine groups is 1. The highest BCUT2D eigenvalue weighted by molar-refractivity contribution is 7.80. The van der Waals surface area contributed by atoms with Crippen molar-refractivity contribution in [1.29, 1.82) is 0 Å². The standard InChI is InChI=1S/C4H11N9S3/c5-1(9-10-2(6)14)13(11-3(7)15)12-4(8)16/h(H2,5,9)(H3,6,10,14)(H3,7,11,15)(H3,8,12,16). The lowest BCUT2D eigenvalue weighted by atomic mass is 10.9. The minimum Gasteiger partial charge on any atom is -0.375 e. The minimum absolute atomic E-state index is 0.0615. The Morgan fingerprint density at radius 2 is 1.31 bits per heavy atom. The molecule has 0 aliphatic carbocycles. The van der Waals surface area contributed by atoms with Crippen LogP contribution in [0.1, 0.15) is 0 Å². The molecule has 9 nitrogen and oxygen atoms in total. The van der Waals surface area contributed by atoms with E-state index in [0.717, 1.165) is 5.12 Å². The van der Waals surface area contributed by atoms with Gasteiger partial charge in [-0.3, -0.25) is 16.3 Å². The van der Waals surface area contributed by atoms with E-state index in [2.05, 4.69) is 58.0 Å². The molecular weight excluding hydrogens is 270 g/mol. The van der Waals surface area contributed by atoms with Gasteiger partial charge in [0.05, 0.1) is 0 Å². The predicted octanol–water partition coefficient (Wildman–Crippen LogP) is -3.15. The van der Waals surface area contributed by atoms with Gasteiger partial charge < -0.3 is 22.9 Å². The molecule has 0 rings (SSSR count). The van der Waals surface area contributed by atoms with Gasteiger partial charge in [-0.15, -0.1) is 5.10 Å². The first kappa shape index (κ1) is 14.3. The van der Waals surface area contributed by atoms with E-state index in [0.29, 0.717) is 0 Å². The first-order valence-corrected chi connectivity index (χ1v) is 4.86. The summed E-state index contributed by atoms with van der Waals surface area (Å²) in [6.45, 7) is 0. The Labute approximate surface area is 107 Å². The molecule has 0 aromatic carbocycles. The second-order valence-electron chi connectivity index (χ2n) is 2.23. The van der Waals surface area contributed by atoms with Gasteiger partial charge in [-0.05, 0) is 36.7 Å². The lowest BCUT2D eigenvalue weighted by Crippen LogP contribution is -2.61. The zero-order valence-corrected chi connectivity index (χ0v) is 10.4. The van der Waals surface area contributed by atoms with Crippen LogP contribution < -0.4 is 39.2 Å². The van der Waals surface area contributed by atoms with E-state index in [4.69, 9.17) is 22.9 Å². The van der Waals surface area contributed by atoms with Crippen LogP contribution in [0.2, 0.25) is 0 Å². The van der Waals surface area contributed by atoms with Gasteiger partial charge in [0.2, 0.25) is 0 Å². The smallest absolute Gasteiger partial charge is 0.252 e. The second kappa shape index (κ2) is 6.76. The average molecular weight is 281 g/mol. The number of nitrogens with two attached hydrogens (primary N) is 4. The molecule has 0 amide bonds. The van der Waals surface area contributed by atoms with Gasteiger partial charge in [0.15, 0.2) is 15.3 Å². The van der Waals surface area contributed by atoms with Crippen LogP contribution in [0.4, 0.5) is 0 Å². The van der Waals surface area contributed by atoms with Crippen molar-refractivity contribution >= 4 is 58.0 Å². The number of nitrogens with one attached hydrogen (secondary N) is 3. The van der Waals surface area contributed by atoms with Crippen molar-refractivity contribution in [3.63, 3.8) is 0 Å². The number of hydrazine groups is 2. The van der Waals surface area contributed by atoms with E-state index in [1.807, 2.05) is 0 Å². The molecule has 0 atom stereocenters. The Bertz CT molecular complexity index is 309. The molecule has 0 aliphatic rings. The quantitative estimate of drug-likeness (QED) is 0.113. The highest BCUT2D eigenvalue weighted by Crippen LogP contribution is 1.77. The van der Waals surface area contributed by atoms with Crippen LogP contribution in [-0.4, -0.2) is 26.4 Å². The monoisotopic (exact) mass is 281 g/mol. The summed E-state index contributed by atoms with van der Waals surface area (Å²) >= 11 is 13.7. The molecule has 12 heteroatoms. The van der Waals surface area contributed by atoms with Crippen molar-refractivity contribution in [3.8, 4) is 0 Å². The lowest BCUT2D eigenvalue weighted by molar-refractivity contribution is 0.329. The van der Waals surface area contributed by atoms with Crippen LogP contribution in [0, 0.1) is 0 Å². The van der Waals surface area contributed by atoms with Crippen molar-refractivity contribution in [2.24, 2.45) is 28.0 Å². The third-order valence-corrected chi connectivity index (χ3v) is 1.23. The maximum Gasteiger partial charge on any atom is 0.252 e. The highest BCUT2D eigenvalue weighted by Gasteiger charge is 2.08. The molecule has 0 unspecified atom stereocenters. The Kier molecular flexibility index (Phi) is 6.06. The molecule has 0 saturated heterocycles. The van der Waals surface area contributed by atoms with E-state index in [9.17, 15) is 0 Å². The summed E-state index contributed by atoms with van der Waals surface area (Å²) < 4.78 is 0. The van der Waals surface area contributed by atoms with Crippen LogP contribution in [0.15, 0.2) is 5.10 Å². The van der Waals surface area contributed by atoms with E-state index in [1.54, 1.807) is 0 Å². The zero-order valence-electron chi connectivity index (χ0n) is 7.93. The average Bonchev–Trinajstić information content (AvgIpc) is 2.11. The van der Waals surface area contributed by atoms with Crippen molar-refractivity contribution in [1.82, 2.24) is 21.4 Å². The largest absolute Gasteiger partial charge is 0.375 e. The summed E-state index contributed by atoms with van der Waals surface area (Å²) in [5.74, 6) is -0.131. The van der Waals surface area contributed by atoms with Crippen LogP contribution in [0.3, 0.4) is 0 Å². The second-order valence-corrected chi connectivity index (χ2v) is 3.55. The van der Waals surface area contributed by atoms with Gasteiger partial charge in [-0.2, -0.15) is 5.12 Å². The third kappa shape index (κ3) is 6.74. The molecule has 90 valence electrons. The van der Waals surface area contributed by atoms with Gasteiger partial charge in [-0.1, -0.05) is 0 Å². The van der Waals surface area contributed by atoms with Crippen LogP contribution in [0.5, 0.6) is 0 Å². The number of hydrogen-bond acceptors (Lipinski definition) is 4. The third-order valence-electron chi connectivity index (χ3n) is 0.954. The molecule has 0 aromatic rings. The van der Waals surface area contributed by atoms with Crippen LogP contribution in [-0.2, 0) is 0 Å². The maximum absolute atomic E-state index is 5.51. The fraction of sp³-hybridized carbons (Fsp3) is 0. The zero-order chi connectivity index (χ0) is 12.7. The Morgan fingerprint density at radius 1 is 0.875 bits per heavy atom.